The first-order chi connectivity index (χ1) is 17.5. The number of benzene rings is 3. The molecule has 0 N–H and O–H groups in total. The van der Waals surface area contributed by atoms with Gasteiger partial charge in [0.1, 0.15) is 6.04 Å². The van der Waals surface area contributed by atoms with Crippen molar-refractivity contribution in [2.45, 2.75) is 18.6 Å². The Morgan fingerprint density at radius 1 is 0.861 bits per heavy atom. The second-order valence-corrected chi connectivity index (χ2v) is 9.25. The van der Waals surface area contributed by atoms with Gasteiger partial charge < -0.3 is 4.90 Å². The Balaban J connectivity index is 1.43. The van der Waals surface area contributed by atoms with Crippen LogP contribution in [0, 0.1) is 22.0 Å². The van der Waals surface area contributed by atoms with Crippen LogP contribution in [0.5, 0.6) is 0 Å². The summed E-state index contributed by atoms with van der Waals surface area (Å²) in [5, 5.41) is 11.1. The van der Waals surface area contributed by atoms with Crippen LogP contribution in [-0.2, 0) is 16.1 Å². The van der Waals surface area contributed by atoms with E-state index >= 15 is 0 Å². The topological polar surface area (TPSA) is 101 Å². The molecule has 0 radical (unpaired) electrons. The van der Waals surface area contributed by atoms with Crippen LogP contribution < -0.4 is 0 Å². The first-order valence-electron chi connectivity index (χ1n) is 11.7. The lowest BCUT2D eigenvalue weighted by molar-refractivity contribution is -0.384. The molecule has 8 heteroatoms. The first kappa shape index (κ1) is 21.9. The van der Waals surface area contributed by atoms with Crippen LogP contribution in [0.25, 0.3) is 6.08 Å². The number of hydrogen-bond acceptors (Lipinski definition) is 6. The third-order valence-electron chi connectivity index (χ3n) is 7.37. The van der Waals surface area contributed by atoms with E-state index < -0.39 is 28.8 Å². The smallest absolute Gasteiger partial charge is 0.269 e. The molecule has 4 atom stereocenters. The summed E-state index contributed by atoms with van der Waals surface area (Å²) >= 11 is 0. The van der Waals surface area contributed by atoms with E-state index in [1.807, 2.05) is 65.6 Å². The zero-order valence-corrected chi connectivity index (χ0v) is 19.1. The van der Waals surface area contributed by atoms with Gasteiger partial charge in [0.2, 0.25) is 11.8 Å². The van der Waals surface area contributed by atoms with Gasteiger partial charge in [0, 0.05) is 23.9 Å². The molecule has 36 heavy (non-hydrogen) atoms. The first-order valence-corrected chi connectivity index (χ1v) is 11.7. The van der Waals surface area contributed by atoms with Crippen LogP contribution in [0.2, 0.25) is 0 Å². The maximum absolute atomic E-state index is 13.8. The number of likely N-dealkylation sites (tertiary alicyclic amines) is 1. The van der Waals surface area contributed by atoms with Crippen molar-refractivity contribution in [3.05, 3.63) is 117 Å². The number of imide groups is 1. The predicted molar refractivity (Wildman–Crippen MR) is 130 cm³/mol. The van der Waals surface area contributed by atoms with Crippen molar-refractivity contribution in [2.75, 3.05) is 0 Å². The molecule has 3 aromatic carbocycles. The Labute approximate surface area is 206 Å². The summed E-state index contributed by atoms with van der Waals surface area (Å²) in [6.45, 7) is 0.147. The van der Waals surface area contributed by atoms with Crippen LogP contribution in [-0.4, -0.2) is 38.4 Å². The van der Waals surface area contributed by atoms with Crippen molar-refractivity contribution in [2.24, 2.45) is 11.8 Å². The molecule has 3 aliphatic rings. The molecule has 6 rings (SSSR count). The van der Waals surface area contributed by atoms with E-state index in [1.165, 1.54) is 29.2 Å². The fourth-order valence-electron chi connectivity index (χ4n) is 5.76. The third-order valence-corrected chi connectivity index (χ3v) is 7.37. The van der Waals surface area contributed by atoms with E-state index in [1.54, 1.807) is 6.20 Å². The van der Waals surface area contributed by atoms with E-state index in [9.17, 15) is 24.5 Å². The molecule has 8 nitrogen and oxygen atoms in total. The maximum Gasteiger partial charge on any atom is 0.269 e. The Morgan fingerprint density at radius 3 is 2.25 bits per heavy atom. The minimum atomic E-state index is -0.900. The highest BCUT2D eigenvalue weighted by Crippen LogP contribution is 2.53. The van der Waals surface area contributed by atoms with E-state index in [-0.39, 0.29) is 35.4 Å². The highest BCUT2D eigenvalue weighted by molar-refractivity contribution is 6.12. The van der Waals surface area contributed by atoms with Gasteiger partial charge >= 0.3 is 0 Å². The highest BCUT2D eigenvalue weighted by Gasteiger charge is 2.64. The van der Waals surface area contributed by atoms with Gasteiger partial charge in [-0.3, -0.25) is 29.4 Å². The number of non-ortho nitro benzene ring substituents is 1. The number of nitro benzene ring substituents is 1. The lowest BCUT2D eigenvalue weighted by Gasteiger charge is -2.35. The lowest BCUT2D eigenvalue weighted by Crippen LogP contribution is -2.44. The molecule has 0 spiro atoms. The molecular formula is C28H21N3O5. The van der Waals surface area contributed by atoms with Gasteiger partial charge in [0.05, 0.1) is 29.3 Å². The SMILES string of the molecule is O=C(c1ccc([N+](=O)[O-])cc1)[C@@H]1[C@@H]2C(=O)N(Cc3ccccc3)C(=O)[C@@H]2[C@H]2c3ccccc3C=CN12. The Hall–Kier alpha value is -4.59. The number of carbonyl (C=O) groups is 3. The summed E-state index contributed by atoms with van der Waals surface area (Å²) in [5.74, 6) is -2.56. The number of nitro groups is 1. The van der Waals surface area contributed by atoms with Crippen LogP contribution in [0.3, 0.4) is 0 Å². The molecule has 2 fully saturated rings. The molecule has 2 amide bonds. The molecule has 2 saturated heterocycles. The second-order valence-electron chi connectivity index (χ2n) is 9.25. The second kappa shape index (κ2) is 8.27. The highest BCUT2D eigenvalue weighted by atomic mass is 16.6. The van der Waals surface area contributed by atoms with E-state index in [0.717, 1.165) is 16.7 Å². The quantitative estimate of drug-likeness (QED) is 0.237. The Kier molecular flexibility index (Phi) is 5.03. The summed E-state index contributed by atoms with van der Waals surface area (Å²) in [7, 11) is 0. The molecular weight excluding hydrogens is 458 g/mol. The van der Waals surface area contributed by atoms with Crippen LogP contribution >= 0.6 is 0 Å². The fourth-order valence-corrected chi connectivity index (χ4v) is 5.76. The normalized spacial score (nSPS) is 23.9. The number of nitrogens with zero attached hydrogens (tertiary/aromatic N) is 3. The standard InChI is InChI=1S/C28H21N3O5/c32-26(19-10-12-20(13-11-19)31(35)36)25-23-22(24-21-9-5-4-8-18(21)14-15-29(24)25)27(33)30(28(23)34)16-17-6-2-1-3-7-17/h1-15,22-25H,16H2/t22-,23+,24+,25-/m0/s1. The number of hydrogen-bond donors (Lipinski definition) is 0. The minimum absolute atomic E-state index is 0.123. The summed E-state index contributed by atoms with van der Waals surface area (Å²) in [6.07, 6.45) is 3.68. The molecule has 0 bridgehead atoms. The zero-order chi connectivity index (χ0) is 25.0. The number of Topliss-reactive ketones (excluding diaryl/α,β-unsaturated/α-hetero) is 1. The fraction of sp³-hybridized carbons (Fsp3) is 0.179. The molecule has 0 aromatic heterocycles. The summed E-state index contributed by atoms with van der Waals surface area (Å²) in [5.41, 5.74) is 2.82. The molecule has 178 valence electrons. The summed E-state index contributed by atoms with van der Waals surface area (Å²) in [4.78, 5) is 55.0. The zero-order valence-electron chi connectivity index (χ0n) is 19.1. The van der Waals surface area contributed by atoms with Gasteiger partial charge in [-0.15, -0.1) is 0 Å². The largest absolute Gasteiger partial charge is 0.358 e. The molecule has 3 aliphatic heterocycles. The van der Waals surface area contributed by atoms with Crippen molar-refractivity contribution in [1.82, 2.24) is 9.80 Å². The molecule has 0 aliphatic carbocycles. The average molecular weight is 479 g/mol. The molecule has 0 saturated carbocycles. The van der Waals surface area contributed by atoms with Gasteiger partial charge in [0.15, 0.2) is 5.78 Å². The van der Waals surface area contributed by atoms with E-state index in [0.29, 0.717) is 0 Å². The summed E-state index contributed by atoms with van der Waals surface area (Å²) < 4.78 is 0. The molecule has 3 aromatic rings. The summed E-state index contributed by atoms with van der Waals surface area (Å²) in [6, 6.07) is 21.0. The molecule has 0 unspecified atom stereocenters. The molecule has 3 heterocycles. The van der Waals surface area contributed by atoms with Crippen LogP contribution in [0.4, 0.5) is 5.69 Å². The van der Waals surface area contributed by atoms with Crippen molar-refractivity contribution >= 4 is 29.4 Å². The van der Waals surface area contributed by atoms with Crippen molar-refractivity contribution < 1.29 is 19.3 Å². The maximum atomic E-state index is 13.8. The number of carbonyl (C=O) groups excluding carboxylic acids is 3. The lowest BCUT2D eigenvalue weighted by atomic mass is 9.83. The van der Waals surface area contributed by atoms with Gasteiger partial charge in [-0.2, -0.15) is 0 Å². The van der Waals surface area contributed by atoms with E-state index in [2.05, 4.69) is 0 Å². The van der Waals surface area contributed by atoms with Crippen LogP contribution in [0.1, 0.15) is 33.1 Å². The van der Waals surface area contributed by atoms with E-state index in [4.69, 9.17) is 0 Å². The Morgan fingerprint density at radius 2 is 1.53 bits per heavy atom. The van der Waals surface area contributed by atoms with Gasteiger partial charge in [-0.1, -0.05) is 54.6 Å². The van der Waals surface area contributed by atoms with Gasteiger partial charge in [-0.05, 0) is 34.9 Å². The minimum Gasteiger partial charge on any atom is -0.358 e. The monoisotopic (exact) mass is 479 g/mol. The van der Waals surface area contributed by atoms with Gasteiger partial charge in [-0.25, -0.2) is 0 Å². The predicted octanol–water partition coefficient (Wildman–Crippen LogP) is 3.99. The Bertz CT molecular complexity index is 1430. The van der Waals surface area contributed by atoms with Crippen molar-refractivity contribution in [3.8, 4) is 0 Å². The number of ketones is 1. The third kappa shape index (κ3) is 3.25. The van der Waals surface area contributed by atoms with Crippen molar-refractivity contribution in [3.63, 3.8) is 0 Å². The van der Waals surface area contributed by atoms with Crippen molar-refractivity contribution in [1.29, 1.82) is 0 Å². The number of amides is 2. The number of fused-ring (bicyclic) bond motifs is 5. The van der Waals surface area contributed by atoms with Crippen LogP contribution in [0.15, 0.2) is 85.1 Å². The average Bonchev–Trinajstić information content (AvgIpc) is 3.37. The van der Waals surface area contributed by atoms with Gasteiger partial charge in [0.25, 0.3) is 5.69 Å². The number of rotatable bonds is 5.